The Hall–Kier alpha value is -11.6. The molecular weight excluding hydrogens is 1530 g/mol. The van der Waals surface area contributed by atoms with Gasteiger partial charge in [-0.05, 0) is 74.3 Å². The van der Waals surface area contributed by atoms with Gasteiger partial charge in [-0.15, -0.1) is 0 Å². The third-order valence-electron chi connectivity index (χ3n) is 17.5. The van der Waals surface area contributed by atoms with E-state index in [4.69, 9.17) is 50.3 Å². The lowest BCUT2D eigenvalue weighted by Crippen LogP contribution is -2.62. The Bertz CT molecular complexity index is 3570. The molecule has 0 spiro atoms. The highest BCUT2D eigenvalue weighted by Crippen LogP contribution is 2.15. The molecule has 44 heteroatoms. The second kappa shape index (κ2) is 54.2. The van der Waals surface area contributed by atoms with Crippen molar-refractivity contribution < 1.29 is 77.0 Å². The summed E-state index contributed by atoms with van der Waals surface area (Å²) in [5.74, 6) is -16.9. The van der Waals surface area contributed by atoms with Gasteiger partial charge < -0.3 is 129 Å². The van der Waals surface area contributed by atoms with E-state index in [9.17, 15) is 77.0 Å². The van der Waals surface area contributed by atoms with Gasteiger partial charge in [0.2, 0.25) is 76.8 Å². The molecule has 0 radical (unpaired) electrons. The van der Waals surface area contributed by atoms with Crippen molar-refractivity contribution in [1.29, 1.82) is 21.6 Å². The van der Waals surface area contributed by atoms with Crippen LogP contribution in [0, 0.1) is 33.5 Å². The highest BCUT2D eigenvalue weighted by atomic mass is 32.1. The molecule has 0 aliphatic carbocycles. The molecule has 13 atom stereocenters. The van der Waals surface area contributed by atoms with Gasteiger partial charge in [-0.3, -0.25) is 88.8 Å². The fourth-order valence-corrected chi connectivity index (χ4v) is 11.3. The van der Waals surface area contributed by atoms with Gasteiger partial charge in [-0.25, -0.2) is 0 Å². The molecule has 0 unspecified atom stereocenters. The van der Waals surface area contributed by atoms with Crippen LogP contribution < -0.4 is 119 Å². The zero-order valence-corrected chi connectivity index (χ0v) is 66.1. The second-order valence-electron chi connectivity index (χ2n) is 26.6. The molecule has 2 aromatic rings. The number of nitrogens with one attached hydrogen (secondary N) is 21. The molecule has 13 amide bonds. The number of nitrogens with two attached hydrogens (primary N) is 5. The molecule has 114 heavy (non-hydrogen) atoms. The summed E-state index contributed by atoms with van der Waals surface area (Å²) in [6.45, 7) is 4.76. The van der Waals surface area contributed by atoms with Crippen LogP contribution in [0.4, 0.5) is 0 Å². The van der Waals surface area contributed by atoms with Crippen LogP contribution in [0.1, 0.15) is 109 Å². The van der Waals surface area contributed by atoms with Crippen molar-refractivity contribution in [3.8, 4) is 0 Å². The van der Waals surface area contributed by atoms with Crippen LogP contribution in [-0.2, 0) is 84.8 Å². The zero-order chi connectivity index (χ0) is 85.4. The van der Waals surface area contributed by atoms with Gasteiger partial charge in [0.1, 0.15) is 60.7 Å². The molecule has 0 aliphatic rings. The van der Waals surface area contributed by atoms with Crippen LogP contribution in [-0.4, -0.2) is 242 Å². The van der Waals surface area contributed by atoms with E-state index in [1.54, 1.807) is 81.4 Å². The van der Waals surface area contributed by atoms with Crippen LogP contribution in [0.2, 0.25) is 0 Å². The van der Waals surface area contributed by atoms with Gasteiger partial charge in [0.15, 0.2) is 23.8 Å². The Kier molecular flexibility index (Phi) is 46.8. The van der Waals surface area contributed by atoms with Crippen molar-refractivity contribution in [3.05, 3.63) is 71.8 Å². The maximum absolute atomic E-state index is 14.5. The molecule has 632 valence electrons. The Morgan fingerprint density at radius 1 is 0.395 bits per heavy atom. The first-order chi connectivity index (χ1) is 54.1. The fraction of sp³-hybridized carbons (Fsp3) is 0.557. The minimum absolute atomic E-state index is 0.00644. The number of carboxylic acid groups (broad SMARTS) is 1. The van der Waals surface area contributed by atoms with Crippen LogP contribution in [0.3, 0.4) is 0 Å². The minimum atomic E-state index is -1.97. The zero-order valence-electron chi connectivity index (χ0n) is 64.3. The van der Waals surface area contributed by atoms with Gasteiger partial charge >= 0.3 is 5.97 Å². The van der Waals surface area contributed by atoms with E-state index in [2.05, 4.69) is 116 Å². The fourth-order valence-electron chi connectivity index (χ4n) is 10.7. The van der Waals surface area contributed by atoms with Gasteiger partial charge in [0, 0.05) is 50.5 Å². The molecule has 32 N–H and O–H groups in total. The van der Waals surface area contributed by atoms with Crippen LogP contribution in [0.25, 0.3) is 0 Å². The highest BCUT2D eigenvalue weighted by molar-refractivity contribution is 7.80. The van der Waals surface area contributed by atoms with E-state index in [-0.39, 0.29) is 114 Å². The number of rotatable bonds is 55. The van der Waals surface area contributed by atoms with Crippen molar-refractivity contribution in [2.45, 2.75) is 178 Å². The third-order valence-corrected chi connectivity index (χ3v) is 18.2. The first-order valence-electron chi connectivity index (χ1n) is 36.9. The summed E-state index contributed by atoms with van der Waals surface area (Å²) in [7, 11) is 0. The first kappa shape index (κ1) is 98.5. The van der Waals surface area contributed by atoms with Gasteiger partial charge in [-0.2, -0.15) is 25.3 Å². The van der Waals surface area contributed by atoms with E-state index in [1.165, 1.54) is 6.92 Å². The Labute approximate surface area is 671 Å². The number of amides is 13. The number of aliphatic carboxylic acids is 1. The molecule has 0 bridgehead atoms. The highest BCUT2D eigenvalue weighted by Gasteiger charge is 2.38. The SMILES string of the molecule is CC[C@H](C)[C@H](NC(=O)[C@H](CCCNC(=N)N)NC(=O)CNC(=O)CNC(=O)[C@H](Cc1ccccc1)NC(=O)CNC(=O)[C@H](CS)NC(=O)[C@@H](N)CCCNC(=N)N)C(=O)N[C@@H](CC(=O)O)C(=O)N[C@@H](CCCNC(=N)N)C(=O)N[C@H](C(=O)N[C@@H](CS)C(=O)N[C@@H](Cc1ccccc1)C(=O)N[C@H](C=O)CCCNC(=N)N)[C@@H](C)CC. The molecule has 42 nitrogen and oxygen atoms in total. The molecule has 0 saturated heterocycles. The number of hydrogen-bond acceptors (Lipinski definition) is 22. The summed E-state index contributed by atoms with van der Waals surface area (Å²) in [5, 5.41) is 82.6. The molecule has 0 heterocycles. The van der Waals surface area contributed by atoms with E-state index in [0.717, 1.165) is 0 Å². The number of carboxylic acids is 1. The number of benzene rings is 2. The quantitative estimate of drug-likeness (QED) is 0.00962. The van der Waals surface area contributed by atoms with Crippen molar-refractivity contribution in [3.63, 3.8) is 0 Å². The van der Waals surface area contributed by atoms with E-state index < -0.39 is 199 Å². The number of guanidine groups is 4. The standard InChI is InChI=1S/C70H114N26O16S2/c1-5-38(3)55(95-60(106)44(23-15-27-82-69(76)77)88-52(99)33-84-51(98)32-85-58(104)46(29-40-17-9-7-10-18-40)89-53(100)34-86-59(105)49(36-113)93-57(103)43(71)22-14-26-81-68(74)75)65(111)92-48(31-54(101)102)63(109)90-45(24-16-28-83-70(78)79)61(107)96-56(39(4)6-2)66(112)94-50(37-114)64(110)91-47(30-41-19-11-8-12-20-41)62(108)87-42(35-97)21-13-25-80-67(72)73/h7-12,17-20,35,38-39,42-50,55-56,113-114H,5-6,13-16,21-34,36-37,71H2,1-4H3,(H,84,98)(H,85,104)(H,86,105)(H,87,108)(H,88,99)(H,89,100)(H,90,109)(H,91,110)(H,92,111)(H,93,103)(H,94,112)(H,95,106)(H,96,107)(H,101,102)(H4,72,73,80)(H4,74,75,81)(H4,76,77,82)(H4,78,79,83)/t38-,39-,42-,43-,44-,45-,46-,47-,48-,49-,50-,55-,56-/m0/s1. The number of aldehydes is 1. The summed E-state index contributed by atoms with van der Waals surface area (Å²) in [4.78, 5) is 204. The van der Waals surface area contributed by atoms with E-state index >= 15 is 0 Å². The molecule has 0 aliphatic heterocycles. The topological polar surface area (TPSA) is 706 Å². The van der Waals surface area contributed by atoms with Crippen LogP contribution in [0.15, 0.2) is 60.7 Å². The van der Waals surface area contributed by atoms with E-state index in [0.29, 0.717) is 30.3 Å². The van der Waals surface area contributed by atoms with Crippen molar-refractivity contribution in [1.82, 2.24) is 90.4 Å². The predicted octanol–water partition coefficient (Wildman–Crippen LogP) is -7.33. The maximum Gasteiger partial charge on any atom is 0.305 e. The lowest BCUT2D eigenvalue weighted by atomic mass is 9.96. The van der Waals surface area contributed by atoms with Gasteiger partial charge in [-0.1, -0.05) is 101 Å². The summed E-state index contributed by atoms with van der Waals surface area (Å²) < 4.78 is 0. The number of hydrogen-bond donors (Lipinski definition) is 29. The van der Waals surface area contributed by atoms with Gasteiger partial charge in [0.05, 0.1) is 38.1 Å². The number of carbonyl (C=O) groups is 15. The van der Waals surface area contributed by atoms with Gasteiger partial charge in [0.25, 0.3) is 0 Å². The van der Waals surface area contributed by atoms with E-state index in [1.807, 2.05) is 0 Å². The average Bonchev–Trinajstić information content (AvgIpc) is 0.852. The lowest BCUT2D eigenvalue weighted by molar-refractivity contribution is -0.142. The minimum Gasteiger partial charge on any atom is -0.481 e. The lowest BCUT2D eigenvalue weighted by Gasteiger charge is -2.30. The smallest absolute Gasteiger partial charge is 0.305 e. The molecule has 2 aromatic carbocycles. The Morgan fingerprint density at radius 2 is 0.728 bits per heavy atom. The summed E-state index contributed by atoms with van der Waals surface area (Å²) in [6.07, 6.45) is 0.348. The summed E-state index contributed by atoms with van der Waals surface area (Å²) in [5.41, 5.74) is 28.7. The maximum atomic E-state index is 14.5. The van der Waals surface area contributed by atoms with Crippen molar-refractivity contribution in [2.75, 3.05) is 57.3 Å². The molecule has 0 fully saturated rings. The second-order valence-corrected chi connectivity index (χ2v) is 27.4. The molecular formula is C70H114N26O16S2. The Morgan fingerprint density at radius 3 is 1.16 bits per heavy atom. The normalized spacial score (nSPS) is 14.2. The van der Waals surface area contributed by atoms with Crippen molar-refractivity contribution >= 4 is 138 Å². The van der Waals surface area contributed by atoms with Crippen LogP contribution >= 0.6 is 25.3 Å². The third kappa shape index (κ3) is 40.1. The first-order valence-corrected chi connectivity index (χ1v) is 38.2. The summed E-state index contributed by atoms with van der Waals surface area (Å²) >= 11 is 8.45. The predicted molar refractivity (Wildman–Crippen MR) is 428 cm³/mol. The summed E-state index contributed by atoms with van der Waals surface area (Å²) in [6, 6.07) is 1.55. The molecule has 0 aromatic heterocycles. The number of thiol groups is 2. The largest absolute Gasteiger partial charge is 0.481 e. The average molecular weight is 1640 g/mol. The molecule has 2 rings (SSSR count). The number of carbonyl (C=O) groups excluding carboxylic acids is 14. The van der Waals surface area contributed by atoms with Crippen LogP contribution in [0.5, 0.6) is 0 Å². The monoisotopic (exact) mass is 1640 g/mol. The Balaban J connectivity index is 2.35. The van der Waals surface area contributed by atoms with Crippen molar-refractivity contribution in [2.24, 2.45) is 40.5 Å². The molecule has 0 saturated carbocycles.